The molecule has 0 saturated heterocycles. The van der Waals surface area contributed by atoms with Crippen LogP contribution in [-0.2, 0) is 0 Å². The average Bonchev–Trinajstić information content (AvgIpc) is 2.57. The van der Waals surface area contributed by atoms with E-state index in [-0.39, 0.29) is 6.10 Å². The summed E-state index contributed by atoms with van der Waals surface area (Å²) in [5.41, 5.74) is 1.05. The van der Waals surface area contributed by atoms with Crippen LogP contribution in [0.3, 0.4) is 0 Å². The molecule has 0 spiro atoms. The second-order valence-corrected chi connectivity index (χ2v) is 5.41. The first-order valence-corrected chi connectivity index (χ1v) is 6.22. The van der Waals surface area contributed by atoms with Crippen LogP contribution >= 0.6 is 23.1 Å². The van der Waals surface area contributed by atoms with Crippen molar-refractivity contribution in [2.45, 2.75) is 17.4 Å². The zero-order chi connectivity index (χ0) is 9.97. The van der Waals surface area contributed by atoms with Gasteiger partial charge in [0.1, 0.15) is 0 Å². The number of aliphatic hydroxyl groups is 1. The maximum Gasteiger partial charge on any atom is 0.151 e. The number of nitrogens with zero attached hydrogens (tertiary/aromatic N) is 1. The highest BCUT2D eigenvalue weighted by Gasteiger charge is 2.04. The first-order chi connectivity index (χ1) is 6.75. The quantitative estimate of drug-likeness (QED) is 0.815. The number of hydrogen-bond acceptors (Lipinski definition) is 4. The fourth-order valence-electron chi connectivity index (χ4n) is 1.10. The lowest BCUT2D eigenvalue weighted by Gasteiger charge is -1.98. The van der Waals surface area contributed by atoms with Crippen molar-refractivity contribution in [1.29, 1.82) is 0 Å². The predicted octanol–water partition coefficient (Wildman–Crippen LogP) is 2.77. The van der Waals surface area contributed by atoms with E-state index in [1.165, 1.54) is 4.70 Å². The van der Waals surface area contributed by atoms with E-state index < -0.39 is 0 Å². The van der Waals surface area contributed by atoms with Gasteiger partial charge in [-0.1, -0.05) is 23.9 Å². The summed E-state index contributed by atoms with van der Waals surface area (Å²) in [7, 11) is 0. The van der Waals surface area contributed by atoms with Gasteiger partial charge in [0.25, 0.3) is 0 Å². The van der Waals surface area contributed by atoms with Gasteiger partial charge in [0, 0.05) is 5.75 Å². The summed E-state index contributed by atoms with van der Waals surface area (Å²) in [6.45, 7) is 1.79. The summed E-state index contributed by atoms with van der Waals surface area (Å²) in [4.78, 5) is 4.46. The third-order valence-corrected chi connectivity index (χ3v) is 4.14. The van der Waals surface area contributed by atoms with Crippen molar-refractivity contribution in [2.75, 3.05) is 5.75 Å². The van der Waals surface area contributed by atoms with Crippen molar-refractivity contribution in [3.63, 3.8) is 0 Å². The molecule has 1 aromatic carbocycles. The van der Waals surface area contributed by atoms with Crippen LogP contribution in [0.5, 0.6) is 0 Å². The fraction of sp³-hybridized carbons (Fsp3) is 0.300. The van der Waals surface area contributed by atoms with E-state index in [0.29, 0.717) is 5.75 Å². The van der Waals surface area contributed by atoms with Gasteiger partial charge in [0.2, 0.25) is 0 Å². The van der Waals surface area contributed by atoms with E-state index in [0.717, 1.165) is 9.86 Å². The Kier molecular flexibility index (Phi) is 3.05. The van der Waals surface area contributed by atoms with Gasteiger partial charge in [-0.2, -0.15) is 0 Å². The standard InChI is InChI=1S/C10H11NOS2/c1-7(12)6-13-10-11-8-4-2-3-5-9(8)14-10/h2-5,7,12H,6H2,1H3. The molecule has 0 bridgehead atoms. The van der Waals surface area contributed by atoms with Gasteiger partial charge in [-0.05, 0) is 19.1 Å². The molecule has 0 aliphatic heterocycles. The van der Waals surface area contributed by atoms with E-state index in [2.05, 4.69) is 11.1 Å². The molecule has 2 rings (SSSR count). The van der Waals surface area contributed by atoms with Crippen molar-refractivity contribution < 1.29 is 5.11 Å². The summed E-state index contributed by atoms with van der Waals surface area (Å²) in [6, 6.07) is 8.09. The summed E-state index contributed by atoms with van der Waals surface area (Å²) in [5, 5.41) is 9.14. The number of benzene rings is 1. The highest BCUT2D eigenvalue weighted by Crippen LogP contribution is 2.29. The average molecular weight is 225 g/mol. The van der Waals surface area contributed by atoms with Crippen molar-refractivity contribution >= 4 is 33.3 Å². The lowest BCUT2D eigenvalue weighted by Crippen LogP contribution is -2.01. The van der Waals surface area contributed by atoms with Gasteiger partial charge < -0.3 is 5.11 Å². The van der Waals surface area contributed by atoms with E-state index in [4.69, 9.17) is 5.11 Å². The first kappa shape index (κ1) is 9.96. The van der Waals surface area contributed by atoms with Crippen LogP contribution in [0.2, 0.25) is 0 Å². The Labute approximate surface area is 91.0 Å². The smallest absolute Gasteiger partial charge is 0.151 e. The Balaban J connectivity index is 2.19. The normalized spacial score (nSPS) is 13.3. The molecule has 1 aromatic heterocycles. The molecule has 1 N–H and O–H groups in total. The van der Waals surface area contributed by atoms with E-state index in [9.17, 15) is 0 Å². The van der Waals surface area contributed by atoms with Gasteiger partial charge in [-0.15, -0.1) is 11.3 Å². The molecule has 0 saturated carbocycles. The van der Waals surface area contributed by atoms with Crippen molar-refractivity contribution in [2.24, 2.45) is 0 Å². The number of para-hydroxylation sites is 1. The zero-order valence-corrected chi connectivity index (χ0v) is 9.44. The minimum Gasteiger partial charge on any atom is -0.393 e. The molecule has 0 aliphatic rings. The fourth-order valence-corrected chi connectivity index (χ4v) is 3.06. The Morgan fingerprint density at radius 1 is 1.50 bits per heavy atom. The Morgan fingerprint density at radius 2 is 2.29 bits per heavy atom. The van der Waals surface area contributed by atoms with Crippen LogP contribution in [0.25, 0.3) is 10.2 Å². The Hall–Kier alpha value is -0.580. The SMILES string of the molecule is CC(O)CSc1nc2ccccc2s1. The van der Waals surface area contributed by atoms with Gasteiger partial charge in [-0.25, -0.2) is 4.98 Å². The summed E-state index contributed by atoms with van der Waals surface area (Å²) in [5.74, 6) is 0.708. The van der Waals surface area contributed by atoms with Crippen LogP contribution in [0.15, 0.2) is 28.6 Å². The summed E-state index contributed by atoms with van der Waals surface area (Å²) in [6.07, 6.45) is -0.271. The second-order valence-electron chi connectivity index (χ2n) is 3.11. The van der Waals surface area contributed by atoms with Crippen LogP contribution in [0.1, 0.15) is 6.92 Å². The molecule has 4 heteroatoms. The Morgan fingerprint density at radius 3 is 3.00 bits per heavy atom. The third-order valence-electron chi connectivity index (χ3n) is 1.72. The molecule has 0 radical (unpaired) electrons. The van der Waals surface area contributed by atoms with E-state index >= 15 is 0 Å². The highest BCUT2D eigenvalue weighted by atomic mass is 32.2. The molecule has 0 aliphatic carbocycles. The van der Waals surface area contributed by atoms with Gasteiger partial charge in [-0.3, -0.25) is 0 Å². The lowest BCUT2D eigenvalue weighted by atomic mass is 10.3. The molecule has 2 nitrogen and oxygen atoms in total. The number of thiazole rings is 1. The molecule has 1 unspecified atom stereocenters. The number of fused-ring (bicyclic) bond motifs is 1. The van der Waals surface area contributed by atoms with E-state index in [1.54, 1.807) is 30.0 Å². The van der Waals surface area contributed by atoms with Crippen LogP contribution in [-0.4, -0.2) is 21.9 Å². The van der Waals surface area contributed by atoms with Crippen molar-refractivity contribution in [3.05, 3.63) is 24.3 Å². The van der Waals surface area contributed by atoms with Gasteiger partial charge in [0.15, 0.2) is 4.34 Å². The largest absolute Gasteiger partial charge is 0.393 e. The second kappa shape index (κ2) is 4.29. The first-order valence-electron chi connectivity index (χ1n) is 4.42. The van der Waals surface area contributed by atoms with Crippen LogP contribution in [0, 0.1) is 0 Å². The maximum absolute atomic E-state index is 9.14. The molecule has 1 atom stereocenters. The molecular weight excluding hydrogens is 214 g/mol. The molecule has 2 aromatic rings. The zero-order valence-electron chi connectivity index (χ0n) is 7.80. The number of aliphatic hydroxyl groups excluding tert-OH is 1. The highest BCUT2D eigenvalue weighted by molar-refractivity contribution is 8.01. The van der Waals surface area contributed by atoms with Crippen LogP contribution < -0.4 is 0 Å². The Bertz CT molecular complexity index is 392. The monoisotopic (exact) mass is 225 g/mol. The summed E-state index contributed by atoms with van der Waals surface area (Å²) < 4.78 is 2.24. The molecule has 1 heterocycles. The van der Waals surface area contributed by atoms with E-state index in [1.807, 2.05) is 18.2 Å². The number of thioether (sulfide) groups is 1. The predicted molar refractivity (Wildman–Crippen MR) is 62.0 cm³/mol. The molecular formula is C10H11NOS2. The minimum absolute atomic E-state index is 0.271. The van der Waals surface area contributed by atoms with Crippen molar-refractivity contribution in [1.82, 2.24) is 4.98 Å². The van der Waals surface area contributed by atoms with Crippen molar-refractivity contribution in [3.8, 4) is 0 Å². The lowest BCUT2D eigenvalue weighted by molar-refractivity contribution is 0.220. The van der Waals surface area contributed by atoms with Gasteiger partial charge >= 0.3 is 0 Å². The molecule has 0 fully saturated rings. The number of aromatic nitrogens is 1. The van der Waals surface area contributed by atoms with Gasteiger partial charge in [0.05, 0.1) is 16.3 Å². The number of hydrogen-bond donors (Lipinski definition) is 1. The molecule has 0 amide bonds. The van der Waals surface area contributed by atoms with Crippen LogP contribution in [0.4, 0.5) is 0 Å². The molecule has 14 heavy (non-hydrogen) atoms. The third kappa shape index (κ3) is 2.26. The topological polar surface area (TPSA) is 33.1 Å². The maximum atomic E-state index is 9.14. The summed E-state index contributed by atoms with van der Waals surface area (Å²) >= 11 is 3.29. The number of rotatable bonds is 3. The minimum atomic E-state index is -0.271. The molecule has 74 valence electrons.